The summed E-state index contributed by atoms with van der Waals surface area (Å²) in [4.78, 5) is 11.7. The molecule has 0 aromatic heterocycles. The highest BCUT2D eigenvalue weighted by atomic mass is 35.5. The Labute approximate surface area is 137 Å². The Hall–Kier alpha value is -1.47. The highest BCUT2D eigenvalue weighted by Crippen LogP contribution is 2.36. The van der Waals surface area contributed by atoms with Crippen LogP contribution in [0.4, 0.5) is 18.9 Å². The van der Waals surface area contributed by atoms with Crippen molar-refractivity contribution in [2.75, 3.05) is 25.0 Å². The second kappa shape index (κ2) is 7.88. The second-order valence-corrected chi connectivity index (χ2v) is 5.74. The summed E-state index contributed by atoms with van der Waals surface area (Å²) < 4.78 is 44.1. The molecular formula is C15H18ClF3N2O2. The van der Waals surface area contributed by atoms with Crippen LogP contribution in [0.15, 0.2) is 18.2 Å². The van der Waals surface area contributed by atoms with Crippen molar-refractivity contribution in [1.29, 1.82) is 0 Å². The molecule has 0 aliphatic carbocycles. The summed E-state index contributed by atoms with van der Waals surface area (Å²) in [6, 6.07) is 3.49. The summed E-state index contributed by atoms with van der Waals surface area (Å²) in [5.41, 5.74) is -0.932. The molecule has 8 heteroatoms. The number of benzene rings is 1. The zero-order valence-electron chi connectivity index (χ0n) is 12.4. The van der Waals surface area contributed by atoms with Crippen LogP contribution in [-0.2, 0) is 15.7 Å². The van der Waals surface area contributed by atoms with Crippen LogP contribution in [0.2, 0.25) is 5.02 Å². The molecule has 2 N–H and O–H groups in total. The first kappa shape index (κ1) is 17.9. The van der Waals surface area contributed by atoms with E-state index in [2.05, 4.69) is 10.6 Å². The van der Waals surface area contributed by atoms with Crippen LogP contribution in [-0.4, -0.2) is 31.7 Å². The van der Waals surface area contributed by atoms with Crippen LogP contribution in [0.25, 0.3) is 0 Å². The van der Waals surface area contributed by atoms with Gasteiger partial charge in [0.25, 0.3) is 0 Å². The number of carbonyl (C=O) groups excluding carboxylic acids is 1. The summed E-state index contributed by atoms with van der Waals surface area (Å²) in [5.74, 6) is -0.226. The minimum absolute atomic E-state index is 0.0113. The summed E-state index contributed by atoms with van der Waals surface area (Å²) >= 11 is 5.61. The number of amides is 1. The molecule has 1 aromatic rings. The average molecular weight is 351 g/mol. The minimum atomic E-state index is -4.50. The third kappa shape index (κ3) is 5.58. The molecule has 1 heterocycles. The van der Waals surface area contributed by atoms with Crippen LogP contribution in [0, 0.1) is 0 Å². The van der Waals surface area contributed by atoms with Gasteiger partial charge in [-0.05, 0) is 31.0 Å². The Morgan fingerprint density at radius 2 is 2.17 bits per heavy atom. The van der Waals surface area contributed by atoms with Gasteiger partial charge in [0.1, 0.15) is 0 Å². The Morgan fingerprint density at radius 3 is 2.83 bits per heavy atom. The van der Waals surface area contributed by atoms with Gasteiger partial charge in [-0.2, -0.15) is 13.2 Å². The van der Waals surface area contributed by atoms with Crippen LogP contribution in [0.3, 0.4) is 0 Å². The molecule has 1 aliphatic heterocycles. The third-order valence-corrected chi connectivity index (χ3v) is 3.74. The largest absolute Gasteiger partial charge is 0.418 e. The van der Waals surface area contributed by atoms with Crippen molar-refractivity contribution in [2.45, 2.75) is 31.5 Å². The van der Waals surface area contributed by atoms with Crippen LogP contribution < -0.4 is 10.6 Å². The molecule has 0 radical (unpaired) electrons. The number of alkyl halides is 3. The van der Waals surface area contributed by atoms with Gasteiger partial charge in [0.2, 0.25) is 5.91 Å². The molecule has 23 heavy (non-hydrogen) atoms. The van der Waals surface area contributed by atoms with Crippen LogP contribution in [0.1, 0.15) is 24.8 Å². The van der Waals surface area contributed by atoms with Crippen molar-refractivity contribution in [2.24, 2.45) is 0 Å². The number of ether oxygens (including phenoxy) is 1. The monoisotopic (exact) mass is 350 g/mol. The number of nitrogens with one attached hydrogen (secondary N) is 2. The maximum atomic E-state index is 12.9. The molecule has 4 nitrogen and oxygen atoms in total. The summed E-state index contributed by atoms with van der Waals surface area (Å²) in [6.45, 7) is 1.24. The van der Waals surface area contributed by atoms with Crippen molar-refractivity contribution >= 4 is 23.2 Å². The lowest BCUT2D eigenvalue weighted by molar-refractivity contribution is -0.137. The lowest BCUT2D eigenvalue weighted by atomic mass is 10.1. The van der Waals surface area contributed by atoms with E-state index in [-0.39, 0.29) is 35.7 Å². The third-order valence-electron chi connectivity index (χ3n) is 3.51. The highest BCUT2D eigenvalue weighted by Gasteiger charge is 2.33. The zero-order valence-corrected chi connectivity index (χ0v) is 13.1. The molecule has 1 unspecified atom stereocenters. The number of hydrogen-bond acceptors (Lipinski definition) is 3. The standard InChI is InChI=1S/C15H18ClF3N2O2/c16-10-3-4-13(12(8-10)15(17,18)19)20-6-5-14(22)21-9-11-2-1-7-23-11/h3-4,8,11,20H,1-2,5-7,9H2,(H,21,22). The van der Waals surface area contributed by atoms with Gasteiger partial charge in [-0.1, -0.05) is 11.6 Å². The van der Waals surface area contributed by atoms with Crippen molar-refractivity contribution in [3.05, 3.63) is 28.8 Å². The van der Waals surface area contributed by atoms with Gasteiger partial charge in [0.05, 0.1) is 11.7 Å². The van der Waals surface area contributed by atoms with E-state index in [4.69, 9.17) is 16.3 Å². The molecule has 1 amide bonds. The predicted octanol–water partition coefficient (Wildman–Crippen LogP) is 3.46. The lowest BCUT2D eigenvalue weighted by Crippen LogP contribution is -2.32. The van der Waals surface area contributed by atoms with Crippen molar-refractivity contribution in [3.8, 4) is 0 Å². The lowest BCUT2D eigenvalue weighted by Gasteiger charge is -2.15. The first-order valence-electron chi connectivity index (χ1n) is 7.35. The molecule has 0 saturated carbocycles. The fraction of sp³-hybridized carbons (Fsp3) is 0.533. The Balaban J connectivity index is 1.80. The summed E-state index contributed by atoms with van der Waals surface area (Å²) in [6.07, 6.45) is -2.49. The van der Waals surface area contributed by atoms with Gasteiger partial charge in [-0.3, -0.25) is 4.79 Å². The number of hydrogen-bond donors (Lipinski definition) is 2. The van der Waals surface area contributed by atoms with Crippen molar-refractivity contribution in [3.63, 3.8) is 0 Å². The van der Waals surface area contributed by atoms with E-state index in [0.29, 0.717) is 13.2 Å². The molecule has 128 valence electrons. The molecular weight excluding hydrogens is 333 g/mol. The molecule has 1 aliphatic rings. The van der Waals surface area contributed by atoms with Gasteiger partial charge in [-0.25, -0.2) is 0 Å². The predicted molar refractivity (Wildman–Crippen MR) is 81.5 cm³/mol. The van der Waals surface area contributed by atoms with Gasteiger partial charge < -0.3 is 15.4 Å². The number of anilines is 1. The molecule has 0 bridgehead atoms. The van der Waals surface area contributed by atoms with Crippen molar-refractivity contribution < 1.29 is 22.7 Å². The van der Waals surface area contributed by atoms with E-state index < -0.39 is 11.7 Å². The number of halogens is 4. The van der Waals surface area contributed by atoms with E-state index in [1.54, 1.807) is 0 Å². The van der Waals surface area contributed by atoms with Gasteiger partial charge >= 0.3 is 6.18 Å². The maximum absolute atomic E-state index is 12.9. The quantitative estimate of drug-likeness (QED) is 0.826. The summed E-state index contributed by atoms with van der Waals surface area (Å²) in [5, 5.41) is 5.36. The van der Waals surface area contributed by atoms with E-state index in [0.717, 1.165) is 18.9 Å². The van der Waals surface area contributed by atoms with Crippen LogP contribution in [0.5, 0.6) is 0 Å². The molecule has 0 spiro atoms. The Kier molecular flexibility index (Phi) is 6.12. The molecule has 1 saturated heterocycles. The van der Waals surface area contributed by atoms with E-state index in [1.807, 2.05) is 0 Å². The van der Waals surface area contributed by atoms with Gasteiger partial charge in [-0.15, -0.1) is 0 Å². The van der Waals surface area contributed by atoms with E-state index >= 15 is 0 Å². The normalized spacial score (nSPS) is 18.0. The number of carbonyl (C=O) groups is 1. The SMILES string of the molecule is O=C(CCNc1ccc(Cl)cc1C(F)(F)F)NCC1CCCO1. The number of rotatable bonds is 6. The molecule has 1 aromatic carbocycles. The second-order valence-electron chi connectivity index (χ2n) is 5.30. The molecule has 1 fully saturated rings. The molecule has 1 atom stereocenters. The van der Waals surface area contributed by atoms with Crippen molar-refractivity contribution in [1.82, 2.24) is 5.32 Å². The zero-order chi connectivity index (χ0) is 16.9. The fourth-order valence-electron chi connectivity index (χ4n) is 2.34. The Morgan fingerprint density at radius 1 is 1.39 bits per heavy atom. The van der Waals surface area contributed by atoms with E-state index in [1.165, 1.54) is 12.1 Å². The topological polar surface area (TPSA) is 50.4 Å². The first-order chi connectivity index (χ1) is 10.9. The van der Waals surface area contributed by atoms with Gasteiger partial charge in [0, 0.05) is 36.8 Å². The minimum Gasteiger partial charge on any atom is -0.384 e. The fourth-order valence-corrected chi connectivity index (χ4v) is 2.51. The maximum Gasteiger partial charge on any atom is 0.418 e. The van der Waals surface area contributed by atoms with Gasteiger partial charge in [0.15, 0.2) is 0 Å². The average Bonchev–Trinajstić information content (AvgIpc) is 2.99. The molecule has 2 rings (SSSR count). The van der Waals surface area contributed by atoms with Crippen LogP contribution >= 0.6 is 11.6 Å². The highest BCUT2D eigenvalue weighted by molar-refractivity contribution is 6.30. The first-order valence-corrected chi connectivity index (χ1v) is 7.73. The smallest absolute Gasteiger partial charge is 0.384 e. The summed E-state index contributed by atoms with van der Waals surface area (Å²) in [7, 11) is 0. The van der Waals surface area contributed by atoms with E-state index in [9.17, 15) is 18.0 Å². The Bertz CT molecular complexity index is 546.